The van der Waals surface area contributed by atoms with E-state index in [1.54, 1.807) is 0 Å². The van der Waals surface area contributed by atoms with Crippen LogP contribution in [0.25, 0.3) is 6.08 Å². The highest BCUT2D eigenvalue weighted by Crippen LogP contribution is 2.18. The van der Waals surface area contributed by atoms with Crippen molar-refractivity contribution >= 4 is 6.08 Å². The van der Waals surface area contributed by atoms with Crippen LogP contribution in [0, 0.1) is 0 Å². The zero-order chi connectivity index (χ0) is 26.2. The van der Waals surface area contributed by atoms with E-state index in [0.717, 1.165) is 4.48 Å². The summed E-state index contributed by atoms with van der Waals surface area (Å²) in [5.41, 5.74) is 2.66. The molecule has 0 aromatic heterocycles. The number of unbranched alkanes of at least 4 members (excludes halogenated alkanes) is 10. The van der Waals surface area contributed by atoms with Crippen LogP contribution in [-0.4, -0.2) is 24.1 Å². The van der Waals surface area contributed by atoms with Gasteiger partial charge in [0.05, 0.1) is 25.8 Å². The molecule has 0 N–H and O–H groups in total. The fraction of sp³-hybridized carbons (Fsp3) is 0.543. The zero-order valence-electron chi connectivity index (χ0n) is 24.2. The highest BCUT2D eigenvalue weighted by Gasteiger charge is 2.22. The first-order chi connectivity index (χ1) is 17.7. The molecule has 0 saturated carbocycles. The van der Waals surface area contributed by atoms with Gasteiger partial charge in [0, 0.05) is 0 Å². The Labute approximate surface area is 237 Å². The van der Waals surface area contributed by atoms with Crippen LogP contribution in [0.1, 0.15) is 108 Å². The predicted molar refractivity (Wildman–Crippen MR) is 163 cm³/mol. The third-order valence-electron chi connectivity index (χ3n) is 7.25. The van der Waals surface area contributed by atoms with Crippen molar-refractivity contribution in [1.82, 2.24) is 0 Å². The third-order valence-corrected chi connectivity index (χ3v) is 7.25. The van der Waals surface area contributed by atoms with Crippen molar-refractivity contribution in [1.29, 1.82) is 0 Å². The molecule has 0 heterocycles. The summed E-state index contributed by atoms with van der Waals surface area (Å²) in [5, 5.41) is 0. The number of benzene rings is 2. The van der Waals surface area contributed by atoms with Gasteiger partial charge in [-0.2, -0.15) is 0 Å². The minimum Gasteiger partial charge on any atom is -1.00 e. The van der Waals surface area contributed by atoms with E-state index in [1.807, 2.05) is 36.4 Å². The lowest BCUT2D eigenvalue weighted by Crippen LogP contribution is -3.00. The molecule has 0 unspecified atom stereocenters. The Morgan fingerprint density at radius 2 is 1.00 bits per heavy atom. The minimum atomic E-state index is 0. The van der Waals surface area contributed by atoms with E-state index >= 15 is 0 Å². The zero-order valence-corrected chi connectivity index (χ0v) is 24.9. The first-order valence-corrected chi connectivity index (χ1v) is 14.9. The molecule has 2 aromatic carbocycles. The predicted octanol–water partition coefficient (Wildman–Crippen LogP) is 7.63. The van der Waals surface area contributed by atoms with Crippen LogP contribution in [0.4, 0.5) is 0 Å². The molecule has 2 heteroatoms. The van der Waals surface area contributed by atoms with Gasteiger partial charge in [0.2, 0.25) is 0 Å². The molecular formula is C35H56ClN. The summed E-state index contributed by atoms with van der Waals surface area (Å²) >= 11 is 0. The second kappa shape index (κ2) is 24.5. The number of nitrogens with zero attached hydrogens (tertiary/aromatic N) is 1. The van der Waals surface area contributed by atoms with E-state index < -0.39 is 0 Å². The van der Waals surface area contributed by atoms with Crippen molar-refractivity contribution < 1.29 is 16.9 Å². The summed E-state index contributed by atoms with van der Waals surface area (Å²) in [6.07, 6.45) is 23.1. The first-order valence-electron chi connectivity index (χ1n) is 14.9. The molecule has 0 fully saturated rings. The Bertz CT molecular complexity index is 743. The number of quaternary nitrogens is 1. The van der Waals surface area contributed by atoms with Crippen LogP contribution >= 0.6 is 0 Å². The Morgan fingerprint density at radius 1 is 0.568 bits per heavy atom. The number of rotatable bonds is 20. The lowest BCUT2D eigenvalue weighted by atomic mass is 10.0. The topological polar surface area (TPSA) is 0 Å². The maximum Gasteiger partial charge on any atom is 0.0885 e. The van der Waals surface area contributed by atoms with E-state index in [1.165, 1.54) is 121 Å². The summed E-state index contributed by atoms with van der Waals surface area (Å²) in [6, 6.07) is 21.0. The van der Waals surface area contributed by atoms with Gasteiger partial charge in [-0.3, -0.25) is 4.48 Å². The largest absolute Gasteiger partial charge is 1.00 e. The van der Waals surface area contributed by atoms with Crippen LogP contribution < -0.4 is 12.4 Å². The van der Waals surface area contributed by atoms with Gasteiger partial charge in [-0.1, -0.05) is 126 Å². The first kappa shape index (κ1) is 35.2. The molecule has 2 aromatic rings. The molecule has 2 rings (SSSR count). The van der Waals surface area contributed by atoms with Gasteiger partial charge in [0.25, 0.3) is 0 Å². The normalized spacial score (nSPS) is 10.6. The highest BCUT2D eigenvalue weighted by molar-refractivity contribution is 5.45. The number of aryl methyl sites for hydroxylation is 1. The van der Waals surface area contributed by atoms with Crippen molar-refractivity contribution in [3.8, 4) is 0 Å². The molecule has 37 heavy (non-hydrogen) atoms. The number of halogens is 1. The molecular weight excluding hydrogens is 470 g/mol. The van der Waals surface area contributed by atoms with Gasteiger partial charge in [0.15, 0.2) is 0 Å². The number of hydrogen-bond acceptors (Lipinski definition) is 0. The Morgan fingerprint density at radius 3 is 1.43 bits per heavy atom. The average Bonchev–Trinajstić information content (AvgIpc) is 2.94. The lowest BCUT2D eigenvalue weighted by molar-refractivity contribution is -0.880. The van der Waals surface area contributed by atoms with E-state index in [0.29, 0.717) is 0 Å². The monoisotopic (exact) mass is 525 g/mol. The van der Waals surface area contributed by atoms with Gasteiger partial charge < -0.3 is 12.4 Å². The van der Waals surface area contributed by atoms with E-state index in [9.17, 15) is 0 Å². The quantitative estimate of drug-likeness (QED) is 0.123. The van der Waals surface area contributed by atoms with Gasteiger partial charge in [-0.25, -0.2) is 0 Å². The van der Waals surface area contributed by atoms with E-state index in [4.69, 9.17) is 0 Å². The third kappa shape index (κ3) is 18.1. The molecule has 0 bridgehead atoms. The Hall–Kier alpha value is -1.83. The van der Waals surface area contributed by atoms with Crippen molar-refractivity contribution in [3.05, 3.63) is 91.1 Å². The van der Waals surface area contributed by atoms with Gasteiger partial charge >= 0.3 is 0 Å². The van der Waals surface area contributed by atoms with Crippen LogP contribution in [0.2, 0.25) is 0 Å². The Balaban J connectivity index is 0.00000122. The summed E-state index contributed by atoms with van der Waals surface area (Å²) in [6.45, 7) is 16.4. The van der Waals surface area contributed by atoms with Crippen molar-refractivity contribution in [2.24, 2.45) is 0 Å². The second-order valence-electron chi connectivity index (χ2n) is 10.3. The SMILES string of the molecule is C=C[N+](CCCCCC)(CCCCCC)CCCCCCCc1ccccc1.C=Cc1ccccc1.[Cl-]. The molecule has 0 spiro atoms. The second-order valence-corrected chi connectivity index (χ2v) is 10.3. The van der Waals surface area contributed by atoms with Crippen LogP contribution in [-0.2, 0) is 6.42 Å². The molecule has 1 nitrogen and oxygen atoms in total. The average molecular weight is 526 g/mol. The maximum absolute atomic E-state index is 4.27. The molecule has 0 aliphatic heterocycles. The molecule has 0 radical (unpaired) electrons. The fourth-order valence-corrected chi connectivity index (χ4v) is 4.84. The molecule has 0 atom stereocenters. The molecule has 0 aliphatic rings. The van der Waals surface area contributed by atoms with E-state index in [-0.39, 0.29) is 12.4 Å². The maximum atomic E-state index is 4.27. The van der Waals surface area contributed by atoms with Crippen molar-refractivity contribution in [3.63, 3.8) is 0 Å². The summed E-state index contributed by atoms with van der Waals surface area (Å²) in [5.74, 6) is 0. The standard InChI is InChI=1S/C27H48N.C8H8.ClH/c1-4-7-9-18-24-28(6-3,25-19-10-8-5-2)26-20-13-11-12-15-21-27-22-16-14-17-23-27;1-2-8-6-4-3-5-7-8;/h6,14,16-17,22-23H,3-5,7-13,15,18-21,24-26H2,1-2H3;2-7H,1H2;1H/q+1;;/p-1. The summed E-state index contributed by atoms with van der Waals surface area (Å²) in [4.78, 5) is 0. The van der Waals surface area contributed by atoms with Crippen LogP contribution in [0.5, 0.6) is 0 Å². The summed E-state index contributed by atoms with van der Waals surface area (Å²) < 4.78 is 1.16. The fourth-order valence-electron chi connectivity index (χ4n) is 4.84. The molecule has 0 saturated heterocycles. The highest BCUT2D eigenvalue weighted by atomic mass is 35.5. The smallest absolute Gasteiger partial charge is 0.0885 e. The van der Waals surface area contributed by atoms with Crippen LogP contribution in [0.15, 0.2) is 80.0 Å². The molecule has 208 valence electrons. The van der Waals surface area contributed by atoms with E-state index in [2.05, 4.69) is 63.5 Å². The van der Waals surface area contributed by atoms with Crippen molar-refractivity contribution in [2.45, 2.75) is 104 Å². The van der Waals surface area contributed by atoms with Crippen LogP contribution in [0.3, 0.4) is 0 Å². The summed E-state index contributed by atoms with van der Waals surface area (Å²) in [7, 11) is 0. The molecule has 0 amide bonds. The van der Waals surface area contributed by atoms with Gasteiger partial charge in [-0.05, 0) is 69.1 Å². The minimum absolute atomic E-state index is 0. The lowest BCUT2D eigenvalue weighted by Gasteiger charge is -2.35. The van der Waals surface area contributed by atoms with Crippen molar-refractivity contribution in [2.75, 3.05) is 19.6 Å². The Kier molecular flexibility index (Phi) is 23.3. The number of hydrogen-bond donors (Lipinski definition) is 0. The molecule has 0 aliphatic carbocycles. The van der Waals surface area contributed by atoms with Gasteiger partial charge in [-0.15, -0.1) is 0 Å². The van der Waals surface area contributed by atoms with Gasteiger partial charge in [0.1, 0.15) is 0 Å².